The van der Waals surface area contributed by atoms with Crippen molar-refractivity contribution in [2.24, 2.45) is 0 Å². The van der Waals surface area contributed by atoms with Gasteiger partial charge in [0.1, 0.15) is 11.6 Å². The summed E-state index contributed by atoms with van der Waals surface area (Å²) < 4.78 is 27.5. The SMILES string of the molecule is Nc1cc(F)c(N(Cc2ccc(F)cc2)C(=O)O)cc1-c1ccccc1. The number of rotatable bonds is 4. The van der Waals surface area contributed by atoms with Gasteiger partial charge in [-0.1, -0.05) is 42.5 Å². The highest BCUT2D eigenvalue weighted by molar-refractivity contribution is 5.89. The maximum atomic E-state index is 14.5. The fraction of sp³-hybridized carbons (Fsp3) is 0.0500. The van der Waals surface area contributed by atoms with Gasteiger partial charge in [-0.15, -0.1) is 0 Å². The van der Waals surface area contributed by atoms with Gasteiger partial charge in [0.25, 0.3) is 0 Å². The molecule has 3 aromatic carbocycles. The van der Waals surface area contributed by atoms with Crippen molar-refractivity contribution in [2.45, 2.75) is 6.54 Å². The van der Waals surface area contributed by atoms with Crippen molar-refractivity contribution in [1.82, 2.24) is 0 Å². The van der Waals surface area contributed by atoms with E-state index in [9.17, 15) is 18.7 Å². The van der Waals surface area contributed by atoms with Gasteiger partial charge in [0, 0.05) is 11.3 Å². The van der Waals surface area contributed by atoms with Gasteiger partial charge in [-0.2, -0.15) is 0 Å². The van der Waals surface area contributed by atoms with E-state index in [-0.39, 0.29) is 17.9 Å². The van der Waals surface area contributed by atoms with Crippen LogP contribution in [0.15, 0.2) is 66.7 Å². The number of amides is 1. The van der Waals surface area contributed by atoms with E-state index in [2.05, 4.69) is 0 Å². The van der Waals surface area contributed by atoms with Crippen LogP contribution in [0.2, 0.25) is 0 Å². The van der Waals surface area contributed by atoms with Crippen LogP contribution in [0.3, 0.4) is 0 Å². The van der Waals surface area contributed by atoms with Gasteiger partial charge >= 0.3 is 6.09 Å². The predicted octanol–water partition coefficient (Wildman–Crippen LogP) is 4.90. The normalized spacial score (nSPS) is 10.5. The molecular formula is C20H16F2N2O2. The number of nitrogens with zero attached hydrogens (tertiary/aromatic N) is 1. The first-order chi connectivity index (χ1) is 12.5. The Bertz CT molecular complexity index is 929. The topological polar surface area (TPSA) is 66.6 Å². The molecule has 0 aliphatic carbocycles. The third-order valence-corrected chi connectivity index (χ3v) is 3.98. The first kappa shape index (κ1) is 17.4. The lowest BCUT2D eigenvalue weighted by Crippen LogP contribution is -2.29. The van der Waals surface area contributed by atoms with E-state index in [4.69, 9.17) is 5.73 Å². The second kappa shape index (κ2) is 7.23. The number of nitrogens with two attached hydrogens (primary N) is 1. The molecular weight excluding hydrogens is 338 g/mol. The van der Waals surface area contributed by atoms with E-state index in [1.807, 2.05) is 18.2 Å². The molecule has 0 spiro atoms. The number of halogens is 2. The van der Waals surface area contributed by atoms with Crippen molar-refractivity contribution in [1.29, 1.82) is 0 Å². The molecule has 0 saturated heterocycles. The summed E-state index contributed by atoms with van der Waals surface area (Å²) in [5, 5.41) is 9.55. The second-order valence-corrected chi connectivity index (χ2v) is 5.75. The summed E-state index contributed by atoms with van der Waals surface area (Å²) in [6.07, 6.45) is -1.32. The summed E-state index contributed by atoms with van der Waals surface area (Å²) in [6, 6.07) is 17.0. The highest BCUT2D eigenvalue weighted by Crippen LogP contribution is 2.33. The standard InChI is InChI=1S/C20H16F2N2O2/c21-15-8-6-13(7-9-15)12-24(20(25)26)19-10-16(18(23)11-17(19)22)14-4-2-1-3-5-14/h1-11H,12,23H2,(H,25,26). The van der Waals surface area contributed by atoms with Crippen LogP contribution >= 0.6 is 0 Å². The fourth-order valence-electron chi connectivity index (χ4n) is 2.68. The number of hydrogen-bond acceptors (Lipinski definition) is 2. The maximum Gasteiger partial charge on any atom is 0.412 e. The van der Waals surface area contributed by atoms with E-state index >= 15 is 0 Å². The molecule has 132 valence electrons. The van der Waals surface area contributed by atoms with Crippen molar-refractivity contribution < 1.29 is 18.7 Å². The lowest BCUT2D eigenvalue weighted by atomic mass is 10.0. The Morgan fingerprint density at radius 1 is 1.00 bits per heavy atom. The summed E-state index contributed by atoms with van der Waals surface area (Å²) in [6.45, 7) is -0.120. The Hall–Kier alpha value is -3.41. The molecule has 0 aliphatic rings. The minimum Gasteiger partial charge on any atom is -0.465 e. The molecule has 0 fully saturated rings. The minimum absolute atomic E-state index is 0.116. The van der Waals surface area contributed by atoms with Gasteiger partial charge in [0.05, 0.1) is 12.2 Å². The second-order valence-electron chi connectivity index (χ2n) is 5.75. The number of nitrogen functional groups attached to an aromatic ring is 1. The van der Waals surface area contributed by atoms with E-state index in [1.165, 1.54) is 30.3 Å². The van der Waals surface area contributed by atoms with Crippen molar-refractivity contribution in [2.75, 3.05) is 10.6 Å². The van der Waals surface area contributed by atoms with Crippen LogP contribution in [-0.4, -0.2) is 11.2 Å². The minimum atomic E-state index is -1.32. The van der Waals surface area contributed by atoms with Crippen LogP contribution in [0.4, 0.5) is 25.0 Å². The molecule has 0 aliphatic heterocycles. The average molecular weight is 354 g/mol. The number of carbonyl (C=O) groups is 1. The van der Waals surface area contributed by atoms with E-state index in [0.29, 0.717) is 11.1 Å². The third-order valence-electron chi connectivity index (χ3n) is 3.98. The zero-order valence-electron chi connectivity index (χ0n) is 13.7. The molecule has 0 bridgehead atoms. The number of carboxylic acid groups (broad SMARTS) is 1. The molecule has 26 heavy (non-hydrogen) atoms. The van der Waals surface area contributed by atoms with Gasteiger partial charge in [-0.3, -0.25) is 4.90 Å². The average Bonchev–Trinajstić information content (AvgIpc) is 2.62. The quantitative estimate of drug-likeness (QED) is 0.655. The van der Waals surface area contributed by atoms with Crippen LogP contribution < -0.4 is 10.6 Å². The molecule has 3 rings (SSSR count). The smallest absolute Gasteiger partial charge is 0.412 e. The highest BCUT2D eigenvalue weighted by atomic mass is 19.1. The predicted molar refractivity (Wildman–Crippen MR) is 96.9 cm³/mol. The molecule has 4 nitrogen and oxygen atoms in total. The highest BCUT2D eigenvalue weighted by Gasteiger charge is 2.21. The van der Waals surface area contributed by atoms with Gasteiger partial charge < -0.3 is 10.8 Å². The van der Waals surface area contributed by atoms with Crippen molar-refractivity contribution >= 4 is 17.5 Å². The lowest BCUT2D eigenvalue weighted by Gasteiger charge is -2.21. The molecule has 0 radical (unpaired) electrons. The van der Waals surface area contributed by atoms with E-state index < -0.39 is 17.7 Å². The zero-order valence-corrected chi connectivity index (χ0v) is 13.7. The van der Waals surface area contributed by atoms with Gasteiger partial charge in [0.15, 0.2) is 0 Å². The molecule has 3 aromatic rings. The van der Waals surface area contributed by atoms with E-state index in [0.717, 1.165) is 16.5 Å². The number of anilines is 2. The maximum absolute atomic E-state index is 14.5. The van der Waals surface area contributed by atoms with Crippen LogP contribution in [0.1, 0.15) is 5.56 Å². The molecule has 0 atom stereocenters. The van der Waals surface area contributed by atoms with Crippen molar-refractivity contribution in [3.63, 3.8) is 0 Å². The largest absolute Gasteiger partial charge is 0.465 e. The summed E-state index contributed by atoms with van der Waals surface area (Å²) in [7, 11) is 0. The molecule has 0 unspecified atom stereocenters. The lowest BCUT2D eigenvalue weighted by molar-refractivity contribution is 0.201. The molecule has 1 amide bonds. The van der Waals surface area contributed by atoms with E-state index in [1.54, 1.807) is 12.1 Å². The van der Waals surface area contributed by atoms with Crippen molar-refractivity contribution in [3.05, 3.63) is 83.9 Å². The molecule has 0 heterocycles. The Morgan fingerprint density at radius 2 is 1.65 bits per heavy atom. The summed E-state index contributed by atoms with van der Waals surface area (Å²) in [5.74, 6) is -1.17. The van der Waals surface area contributed by atoms with Crippen LogP contribution in [-0.2, 0) is 6.54 Å². The third kappa shape index (κ3) is 3.64. The summed E-state index contributed by atoms with van der Waals surface area (Å²) in [4.78, 5) is 12.6. The number of hydrogen-bond donors (Lipinski definition) is 2. The zero-order chi connectivity index (χ0) is 18.7. The Balaban J connectivity index is 2.04. The molecule has 0 saturated carbocycles. The molecule has 3 N–H and O–H groups in total. The van der Waals surface area contributed by atoms with Crippen LogP contribution in [0, 0.1) is 11.6 Å². The monoisotopic (exact) mass is 354 g/mol. The Morgan fingerprint density at radius 3 is 2.27 bits per heavy atom. The number of benzene rings is 3. The Labute approximate surface area is 149 Å². The molecule has 0 aromatic heterocycles. The van der Waals surface area contributed by atoms with Crippen LogP contribution in [0.5, 0.6) is 0 Å². The summed E-state index contributed by atoms with van der Waals surface area (Å²) in [5.41, 5.74) is 7.83. The fourth-order valence-corrected chi connectivity index (χ4v) is 2.68. The Kier molecular flexibility index (Phi) is 4.84. The van der Waals surface area contributed by atoms with Crippen LogP contribution in [0.25, 0.3) is 11.1 Å². The first-order valence-corrected chi connectivity index (χ1v) is 7.85. The van der Waals surface area contributed by atoms with Gasteiger partial charge in [-0.05, 0) is 35.4 Å². The van der Waals surface area contributed by atoms with Crippen molar-refractivity contribution in [3.8, 4) is 11.1 Å². The summed E-state index contributed by atoms with van der Waals surface area (Å²) >= 11 is 0. The van der Waals surface area contributed by atoms with Gasteiger partial charge in [-0.25, -0.2) is 13.6 Å². The first-order valence-electron chi connectivity index (χ1n) is 7.85. The molecule has 6 heteroatoms. The van der Waals surface area contributed by atoms with Gasteiger partial charge in [0.2, 0.25) is 0 Å².